The highest BCUT2D eigenvalue weighted by atomic mass is 35.5. The van der Waals surface area contributed by atoms with E-state index in [1.807, 2.05) is 67.1 Å². The molecule has 3 heterocycles. The van der Waals surface area contributed by atoms with E-state index >= 15 is 0 Å². The topological polar surface area (TPSA) is 83.0 Å². The molecule has 1 aliphatic rings. The van der Waals surface area contributed by atoms with Gasteiger partial charge in [0.15, 0.2) is 0 Å². The molecule has 1 aliphatic heterocycles. The van der Waals surface area contributed by atoms with Crippen LogP contribution >= 0.6 is 30.3 Å². The highest BCUT2D eigenvalue weighted by molar-refractivity contribution is 7.71. The second kappa shape index (κ2) is 11.1. The average Bonchev–Trinajstić information content (AvgIpc) is 3.29. The monoisotopic (exact) mass is 605 g/mol. The Morgan fingerprint density at radius 3 is 2.44 bits per heavy atom. The minimum Gasteiger partial charge on any atom is -0.323 e. The number of fused-ring (bicyclic) bond motifs is 3. The van der Waals surface area contributed by atoms with E-state index in [4.69, 9.17) is 28.2 Å². The normalized spacial score (nSPS) is 15.7. The van der Waals surface area contributed by atoms with Crippen LogP contribution in [0.2, 0.25) is 10.0 Å². The van der Waals surface area contributed by atoms with Gasteiger partial charge in [-0.1, -0.05) is 71.7 Å². The number of hydrogen-bond donors (Lipinski definition) is 2. The number of benzene rings is 3. The summed E-state index contributed by atoms with van der Waals surface area (Å²) in [6.07, 6.45) is 5.43. The van der Waals surface area contributed by atoms with E-state index in [0.29, 0.717) is 44.9 Å². The van der Waals surface area contributed by atoms with Crippen LogP contribution < -0.4 is 16.2 Å². The van der Waals surface area contributed by atoms with Crippen LogP contribution in [0, 0.1) is 6.92 Å². The molecule has 5 aromatic rings. The molecule has 1 saturated heterocycles. The number of imidazole rings is 1. The smallest absolute Gasteiger partial charge is 0.258 e. The number of rotatable bonds is 6. The van der Waals surface area contributed by atoms with Gasteiger partial charge in [-0.3, -0.25) is 9.69 Å². The minimum atomic E-state index is -2.32. The van der Waals surface area contributed by atoms with Crippen molar-refractivity contribution in [2.24, 2.45) is 7.05 Å². The summed E-state index contributed by atoms with van der Waals surface area (Å²) in [5.74, 6) is 0.530. The summed E-state index contributed by atoms with van der Waals surface area (Å²) < 4.78 is 15.3. The van der Waals surface area contributed by atoms with Crippen molar-refractivity contribution in [3.8, 4) is 0 Å². The molecule has 0 bridgehead atoms. The van der Waals surface area contributed by atoms with Gasteiger partial charge in [0.05, 0.1) is 32.2 Å². The van der Waals surface area contributed by atoms with Gasteiger partial charge in [0.2, 0.25) is 5.95 Å². The zero-order valence-electron chi connectivity index (χ0n) is 22.8. The summed E-state index contributed by atoms with van der Waals surface area (Å²) in [5.41, 5.74) is 3.56. The van der Waals surface area contributed by atoms with Gasteiger partial charge in [0, 0.05) is 50.0 Å². The number of aryl methyl sites for hydroxylation is 2. The van der Waals surface area contributed by atoms with E-state index in [0.717, 1.165) is 47.1 Å². The van der Waals surface area contributed by atoms with Crippen molar-refractivity contribution in [1.29, 1.82) is 0 Å². The van der Waals surface area contributed by atoms with Crippen LogP contribution in [0.3, 0.4) is 0 Å². The van der Waals surface area contributed by atoms with Crippen LogP contribution in [0.25, 0.3) is 27.9 Å². The number of para-hydroxylation sites is 1. The number of nitrogens with zero attached hydrogens (tertiary/aromatic N) is 3. The van der Waals surface area contributed by atoms with Gasteiger partial charge < -0.3 is 19.4 Å². The summed E-state index contributed by atoms with van der Waals surface area (Å²) in [4.78, 5) is 23.5. The van der Waals surface area contributed by atoms with Crippen molar-refractivity contribution in [2.75, 3.05) is 37.3 Å². The molecule has 0 aliphatic carbocycles. The highest BCUT2D eigenvalue weighted by Crippen LogP contribution is 2.46. The Balaban J connectivity index is 1.24. The molecule has 0 radical (unpaired) electrons. The lowest BCUT2D eigenvalue weighted by Gasteiger charge is -2.31. The molecule has 2 N–H and O–H groups in total. The third kappa shape index (κ3) is 5.24. The molecule has 6 rings (SSSR count). The maximum Gasteiger partial charge on any atom is 0.258 e. The third-order valence-corrected chi connectivity index (χ3v) is 11.7. The van der Waals surface area contributed by atoms with E-state index < -0.39 is 7.14 Å². The van der Waals surface area contributed by atoms with Crippen LogP contribution in [0.15, 0.2) is 71.5 Å². The van der Waals surface area contributed by atoms with E-state index in [1.165, 1.54) is 0 Å². The van der Waals surface area contributed by atoms with Crippen molar-refractivity contribution >= 4 is 75.2 Å². The second-order valence-corrected chi connectivity index (χ2v) is 14.4. The molecule has 10 heteroatoms. The number of anilines is 2. The van der Waals surface area contributed by atoms with E-state index in [2.05, 4.69) is 21.3 Å². The summed E-state index contributed by atoms with van der Waals surface area (Å²) in [7, 11) is -0.460. The van der Waals surface area contributed by atoms with E-state index in [1.54, 1.807) is 18.2 Å². The van der Waals surface area contributed by atoms with Crippen LogP contribution in [0.1, 0.15) is 11.3 Å². The lowest BCUT2D eigenvalue weighted by molar-refractivity contribution is 0.328. The van der Waals surface area contributed by atoms with Crippen molar-refractivity contribution in [3.05, 3.63) is 98.4 Å². The number of hydrogen-bond acceptors (Lipinski definition) is 5. The van der Waals surface area contributed by atoms with E-state index in [-0.39, 0.29) is 5.56 Å². The Hall–Kier alpha value is -3.35. The first-order chi connectivity index (χ1) is 19.7. The summed E-state index contributed by atoms with van der Waals surface area (Å²) >= 11 is 12.7. The Labute approximate surface area is 248 Å². The van der Waals surface area contributed by atoms with Gasteiger partial charge in [0.25, 0.3) is 5.56 Å². The number of aromatic amines is 1. The molecule has 0 amide bonds. The molecular weight excluding hydrogens is 576 g/mol. The predicted molar refractivity (Wildman–Crippen MR) is 172 cm³/mol. The molecule has 41 heavy (non-hydrogen) atoms. The summed E-state index contributed by atoms with van der Waals surface area (Å²) in [5, 5.41) is 6.62. The third-order valence-electron chi connectivity index (χ3n) is 7.95. The van der Waals surface area contributed by atoms with Gasteiger partial charge in [-0.15, -0.1) is 0 Å². The van der Waals surface area contributed by atoms with Crippen molar-refractivity contribution in [1.82, 2.24) is 19.4 Å². The van der Waals surface area contributed by atoms with Crippen LogP contribution in [0.4, 0.5) is 11.6 Å². The van der Waals surface area contributed by atoms with Gasteiger partial charge in [-0.05, 0) is 42.1 Å². The Bertz CT molecular complexity index is 1880. The zero-order chi connectivity index (χ0) is 28.7. The molecular formula is C31H30Cl2N5O2P. The molecule has 0 spiro atoms. The number of aromatic nitrogens is 3. The SMILES string of the molecule is Cc1c(/C=C/CN2CCP(=O)(c3ccccc3)CC2)[nH]c(=O)c2c1ccc1nc(Nc3c(Cl)cccc3Cl)n(C)c12. The number of nitrogens with one attached hydrogen (secondary N) is 2. The molecule has 1 fully saturated rings. The largest absolute Gasteiger partial charge is 0.323 e. The maximum absolute atomic E-state index is 13.4. The Morgan fingerprint density at radius 2 is 1.73 bits per heavy atom. The minimum absolute atomic E-state index is 0.178. The fourth-order valence-electron chi connectivity index (χ4n) is 5.57. The zero-order valence-corrected chi connectivity index (χ0v) is 25.2. The lowest BCUT2D eigenvalue weighted by Crippen LogP contribution is -2.37. The van der Waals surface area contributed by atoms with Crippen LogP contribution in [-0.4, -0.2) is 51.4 Å². The fraction of sp³-hybridized carbons (Fsp3) is 0.226. The highest BCUT2D eigenvalue weighted by Gasteiger charge is 2.29. The lowest BCUT2D eigenvalue weighted by atomic mass is 10.0. The predicted octanol–water partition coefficient (Wildman–Crippen LogP) is 6.79. The Kier molecular flexibility index (Phi) is 7.56. The van der Waals surface area contributed by atoms with Gasteiger partial charge in [-0.25, -0.2) is 4.98 Å². The molecule has 0 atom stereocenters. The number of H-pyrrole nitrogens is 1. The van der Waals surface area contributed by atoms with E-state index in [9.17, 15) is 9.36 Å². The van der Waals surface area contributed by atoms with Crippen LogP contribution in [0.5, 0.6) is 0 Å². The average molecular weight is 606 g/mol. The number of pyridine rings is 1. The maximum atomic E-state index is 13.4. The first-order valence-electron chi connectivity index (χ1n) is 13.5. The van der Waals surface area contributed by atoms with Crippen molar-refractivity contribution < 1.29 is 4.57 Å². The van der Waals surface area contributed by atoms with Crippen molar-refractivity contribution in [2.45, 2.75) is 6.92 Å². The van der Waals surface area contributed by atoms with Crippen molar-refractivity contribution in [3.63, 3.8) is 0 Å². The molecule has 7 nitrogen and oxygen atoms in total. The Morgan fingerprint density at radius 1 is 1.02 bits per heavy atom. The standard InChI is InChI=1S/C31H30Cl2N5O2P/c1-20-22-13-14-26-29(37(2)31(35-26)36-28-23(32)10-6-11-24(28)33)27(22)30(39)34-25(20)12-7-15-38-16-18-41(40,19-17-38)21-8-4-3-5-9-21/h3-14H,15-19H2,1-2H3,(H,34,39)(H,35,36)/b12-7+. The summed E-state index contributed by atoms with van der Waals surface area (Å²) in [6, 6.07) is 19.0. The van der Waals surface area contributed by atoms with Gasteiger partial charge in [0.1, 0.15) is 7.14 Å². The first kappa shape index (κ1) is 27.8. The first-order valence-corrected chi connectivity index (χ1v) is 16.3. The fourth-order valence-corrected chi connectivity index (χ4v) is 8.73. The molecule has 3 aromatic carbocycles. The molecule has 2 aromatic heterocycles. The van der Waals surface area contributed by atoms with Gasteiger partial charge >= 0.3 is 0 Å². The molecule has 0 unspecified atom stereocenters. The second-order valence-electron chi connectivity index (χ2n) is 10.4. The van der Waals surface area contributed by atoms with Gasteiger partial charge in [-0.2, -0.15) is 0 Å². The molecule has 210 valence electrons. The quantitative estimate of drug-likeness (QED) is 0.208. The summed E-state index contributed by atoms with van der Waals surface area (Å²) in [6.45, 7) is 4.32. The molecule has 0 saturated carbocycles. The van der Waals surface area contributed by atoms with Crippen LogP contribution in [-0.2, 0) is 11.6 Å². The number of halogens is 2.